The quantitative estimate of drug-likeness (QED) is 0.813. The molecular weight excluding hydrogens is 224 g/mol. The van der Waals surface area contributed by atoms with Gasteiger partial charge in [0, 0.05) is 25.3 Å². The van der Waals surface area contributed by atoms with E-state index in [4.69, 9.17) is 0 Å². The minimum atomic E-state index is 0.764. The largest absolute Gasteiger partial charge is 0.370 e. The van der Waals surface area contributed by atoms with Crippen LogP contribution in [0.25, 0.3) is 0 Å². The Balaban J connectivity index is 1.66. The summed E-state index contributed by atoms with van der Waals surface area (Å²) in [5, 5.41) is 3.36. The monoisotopic (exact) mass is 248 g/mol. The van der Waals surface area contributed by atoms with Gasteiger partial charge in [0.15, 0.2) is 0 Å². The summed E-state index contributed by atoms with van der Waals surface area (Å²) in [6.45, 7) is 7.71. The molecular formula is C14H24N4. The second kappa shape index (κ2) is 6.69. The van der Waals surface area contributed by atoms with Crippen LogP contribution >= 0.6 is 0 Å². The average molecular weight is 248 g/mol. The number of nitrogens with zero attached hydrogens (tertiary/aromatic N) is 3. The summed E-state index contributed by atoms with van der Waals surface area (Å²) in [6.07, 6.45) is 7.10. The molecule has 1 aliphatic heterocycles. The van der Waals surface area contributed by atoms with Crippen LogP contribution in [-0.2, 0) is 0 Å². The lowest BCUT2D eigenvalue weighted by Gasteiger charge is -2.33. The van der Waals surface area contributed by atoms with Crippen molar-refractivity contribution in [2.75, 3.05) is 25.0 Å². The molecule has 0 spiro atoms. The van der Waals surface area contributed by atoms with E-state index in [1.165, 1.54) is 38.8 Å². The summed E-state index contributed by atoms with van der Waals surface area (Å²) in [6, 6.07) is 2.69. The number of likely N-dealkylation sites (tertiary alicyclic amines) is 1. The van der Waals surface area contributed by atoms with Crippen molar-refractivity contribution in [2.24, 2.45) is 0 Å². The highest BCUT2D eigenvalue weighted by Crippen LogP contribution is 2.16. The summed E-state index contributed by atoms with van der Waals surface area (Å²) in [4.78, 5) is 11.0. The van der Waals surface area contributed by atoms with Crippen LogP contribution in [-0.4, -0.2) is 40.5 Å². The highest BCUT2D eigenvalue weighted by atomic mass is 15.2. The highest BCUT2D eigenvalue weighted by Gasteiger charge is 2.16. The first-order chi connectivity index (χ1) is 8.75. The van der Waals surface area contributed by atoms with Gasteiger partial charge in [0.1, 0.15) is 11.6 Å². The predicted octanol–water partition coefficient (Wildman–Crippen LogP) is 2.46. The number of hydrogen-bond donors (Lipinski definition) is 1. The van der Waals surface area contributed by atoms with Gasteiger partial charge < -0.3 is 10.2 Å². The Hall–Kier alpha value is -1.16. The Morgan fingerprint density at radius 2 is 2.33 bits per heavy atom. The normalized spacial score (nSPS) is 20.9. The standard InChI is InChI=1S/C14H24N4/c1-12-6-3-4-10-18(12)11-5-8-16-14-7-9-15-13(2)17-14/h7,9,12H,3-6,8,10-11H2,1-2H3,(H,15,16,17). The molecule has 1 aromatic rings. The van der Waals surface area contributed by atoms with Gasteiger partial charge in [0.2, 0.25) is 0 Å². The van der Waals surface area contributed by atoms with E-state index in [1.54, 1.807) is 6.20 Å². The van der Waals surface area contributed by atoms with E-state index in [0.29, 0.717) is 0 Å². The molecule has 2 heterocycles. The van der Waals surface area contributed by atoms with E-state index >= 15 is 0 Å². The highest BCUT2D eigenvalue weighted by molar-refractivity contribution is 5.32. The minimum absolute atomic E-state index is 0.764. The van der Waals surface area contributed by atoms with Crippen molar-refractivity contribution >= 4 is 5.82 Å². The first kappa shape index (κ1) is 13.3. The fourth-order valence-electron chi connectivity index (χ4n) is 2.54. The van der Waals surface area contributed by atoms with Crippen LogP contribution in [0.3, 0.4) is 0 Å². The van der Waals surface area contributed by atoms with Crippen LogP contribution in [0.1, 0.15) is 38.4 Å². The number of nitrogens with one attached hydrogen (secondary N) is 1. The summed E-state index contributed by atoms with van der Waals surface area (Å²) >= 11 is 0. The smallest absolute Gasteiger partial charge is 0.129 e. The SMILES string of the molecule is Cc1nccc(NCCCN2CCCCC2C)n1. The fourth-order valence-corrected chi connectivity index (χ4v) is 2.54. The molecule has 1 N–H and O–H groups in total. The van der Waals surface area contributed by atoms with Crippen molar-refractivity contribution < 1.29 is 0 Å². The lowest BCUT2D eigenvalue weighted by molar-refractivity contribution is 0.160. The van der Waals surface area contributed by atoms with Crippen LogP contribution in [0, 0.1) is 6.92 Å². The number of piperidine rings is 1. The number of hydrogen-bond acceptors (Lipinski definition) is 4. The molecule has 1 atom stereocenters. The number of rotatable bonds is 5. The lowest BCUT2D eigenvalue weighted by atomic mass is 10.0. The third-order valence-corrected chi connectivity index (χ3v) is 3.64. The van der Waals surface area contributed by atoms with Crippen molar-refractivity contribution in [2.45, 2.75) is 45.6 Å². The third kappa shape index (κ3) is 3.95. The maximum atomic E-state index is 4.34. The molecule has 0 bridgehead atoms. The summed E-state index contributed by atoms with van der Waals surface area (Å²) < 4.78 is 0. The zero-order valence-electron chi connectivity index (χ0n) is 11.5. The van der Waals surface area contributed by atoms with Gasteiger partial charge in [0.05, 0.1) is 0 Å². The van der Waals surface area contributed by atoms with Crippen LogP contribution in [0.15, 0.2) is 12.3 Å². The summed E-state index contributed by atoms with van der Waals surface area (Å²) in [7, 11) is 0. The Morgan fingerprint density at radius 1 is 1.44 bits per heavy atom. The van der Waals surface area contributed by atoms with Crippen molar-refractivity contribution in [1.82, 2.24) is 14.9 Å². The Morgan fingerprint density at radius 3 is 3.11 bits per heavy atom. The number of anilines is 1. The molecule has 0 radical (unpaired) electrons. The molecule has 2 rings (SSSR count). The third-order valence-electron chi connectivity index (χ3n) is 3.64. The molecule has 0 aliphatic carbocycles. The first-order valence-corrected chi connectivity index (χ1v) is 7.03. The van der Waals surface area contributed by atoms with E-state index in [2.05, 4.69) is 27.1 Å². The predicted molar refractivity (Wildman–Crippen MR) is 74.8 cm³/mol. The van der Waals surface area contributed by atoms with Crippen LogP contribution in [0.4, 0.5) is 5.82 Å². The van der Waals surface area contributed by atoms with Gasteiger partial charge in [-0.3, -0.25) is 0 Å². The van der Waals surface area contributed by atoms with Crippen molar-refractivity contribution in [3.05, 3.63) is 18.1 Å². The second-order valence-corrected chi connectivity index (χ2v) is 5.15. The molecule has 100 valence electrons. The van der Waals surface area contributed by atoms with Crippen LogP contribution in [0.2, 0.25) is 0 Å². The van der Waals surface area contributed by atoms with Gasteiger partial charge >= 0.3 is 0 Å². The maximum Gasteiger partial charge on any atom is 0.129 e. The van der Waals surface area contributed by atoms with Crippen molar-refractivity contribution in [1.29, 1.82) is 0 Å². The summed E-state index contributed by atoms with van der Waals surface area (Å²) in [5.74, 6) is 1.76. The zero-order chi connectivity index (χ0) is 12.8. The zero-order valence-corrected chi connectivity index (χ0v) is 11.5. The van der Waals surface area contributed by atoms with Gasteiger partial charge in [-0.1, -0.05) is 6.42 Å². The van der Waals surface area contributed by atoms with E-state index in [0.717, 1.165) is 24.2 Å². The van der Waals surface area contributed by atoms with Gasteiger partial charge in [-0.15, -0.1) is 0 Å². The minimum Gasteiger partial charge on any atom is -0.370 e. The van der Waals surface area contributed by atoms with Gasteiger partial charge in [-0.2, -0.15) is 0 Å². The Kier molecular flexibility index (Phi) is 4.93. The second-order valence-electron chi connectivity index (χ2n) is 5.15. The molecule has 1 aliphatic rings. The average Bonchev–Trinajstić information content (AvgIpc) is 2.37. The van der Waals surface area contributed by atoms with Crippen molar-refractivity contribution in [3.8, 4) is 0 Å². The molecule has 4 nitrogen and oxygen atoms in total. The first-order valence-electron chi connectivity index (χ1n) is 7.03. The Labute approximate surface area is 110 Å². The molecule has 0 saturated carbocycles. The summed E-state index contributed by atoms with van der Waals surface area (Å²) in [5.41, 5.74) is 0. The van der Waals surface area contributed by atoms with Crippen LogP contribution < -0.4 is 5.32 Å². The van der Waals surface area contributed by atoms with Gasteiger partial charge in [-0.05, 0) is 45.7 Å². The molecule has 1 unspecified atom stereocenters. The fraction of sp³-hybridized carbons (Fsp3) is 0.714. The van der Waals surface area contributed by atoms with E-state index in [1.807, 2.05) is 13.0 Å². The molecule has 1 aromatic heterocycles. The number of aryl methyl sites for hydroxylation is 1. The number of aromatic nitrogens is 2. The molecule has 18 heavy (non-hydrogen) atoms. The molecule has 0 aromatic carbocycles. The van der Waals surface area contributed by atoms with Gasteiger partial charge in [0.25, 0.3) is 0 Å². The van der Waals surface area contributed by atoms with E-state index in [9.17, 15) is 0 Å². The Bertz CT molecular complexity index is 367. The van der Waals surface area contributed by atoms with E-state index < -0.39 is 0 Å². The van der Waals surface area contributed by atoms with Crippen LogP contribution in [0.5, 0.6) is 0 Å². The molecule has 1 saturated heterocycles. The van der Waals surface area contributed by atoms with Crippen molar-refractivity contribution in [3.63, 3.8) is 0 Å². The lowest BCUT2D eigenvalue weighted by Crippen LogP contribution is -2.38. The maximum absolute atomic E-state index is 4.34. The van der Waals surface area contributed by atoms with E-state index in [-0.39, 0.29) is 0 Å². The van der Waals surface area contributed by atoms with Gasteiger partial charge in [-0.25, -0.2) is 9.97 Å². The molecule has 1 fully saturated rings. The molecule has 4 heteroatoms. The topological polar surface area (TPSA) is 41.1 Å². The molecule has 0 amide bonds.